The molecule has 0 atom stereocenters. The Labute approximate surface area is 184 Å². The molecule has 1 fully saturated rings. The van der Waals surface area contributed by atoms with E-state index in [-0.39, 0.29) is 11.9 Å². The lowest BCUT2D eigenvalue weighted by Gasteiger charge is -2.26. The van der Waals surface area contributed by atoms with Gasteiger partial charge in [0.25, 0.3) is 0 Å². The molecule has 5 nitrogen and oxygen atoms in total. The highest BCUT2D eigenvalue weighted by atomic mass is 16.2. The van der Waals surface area contributed by atoms with Gasteiger partial charge < -0.3 is 5.32 Å². The number of likely N-dealkylation sites (tertiary alicyclic amines) is 1. The zero-order valence-electron chi connectivity index (χ0n) is 18.1. The second-order valence-electron chi connectivity index (χ2n) is 8.31. The standard InChI is InChI=1S/C26H31N3O2/c30-25-9-6-18-29(25)26(31)27-16-4-5-17-28-19-14-24(15-20-28)23-12-10-22(11-13-23)21-7-2-1-3-8-21/h1-3,7-8,10-14H,4-6,9,15-20H2,(H,27,31). The summed E-state index contributed by atoms with van der Waals surface area (Å²) < 4.78 is 0. The lowest BCUT2D eigenvalue weighted by atomic mass is 9.96. The Morgan fingerprint density at radius 1 is 0.871 bits per heavy atom. The van der Waals surface area contributed by atoms with Gasteiger partial charge in [0.2, 0.25) is 5.91 Å². The van der Waals surface area contributed by atoms with Crippen LogP contribution in [0.1, 0.15) is 37.7 Å². The molecule has 0 bridgehead atoms. The van der Waals surface area contributed by atoms with Crippen molar-refractivity contribution in [3.63, 3.8) is 0 Å². The number of carbonyl (C=O) groups excluding carboxylic acids is 2. The Kier molecular flexibility index (Phi) is 7.15. The highest BCUT2D eigenvalue weighted by molar-refractivity contribution is 5.95. The number of imide groups is 1. The molecule has 162 valence electrons. The number of rotatable bonds is 7. The van der Waals surface area contributed by atoms with Crippen LogP contribution in [0.5, 0.6) is 0 Å². The normalized spacial score (nSPS) is 17.0. The molecule has 4 rings (SSSR count). The first-order chi connectivity index (χ1) is 15.2. The average molecular weight is 418 g/mol. The highest BCUT2D eigenvalue weighted by Crippen LogP contribution is 2.26. The number of hydrogen-bond acceptors (Lipinski definition) is 3. The highest BCUT2D eigenvalue weighted by Gasteiger charge is 2.25. The van der Waals surface area contributed by atoms with Crippen molar-refractivity contribution in [2.24, 2.45) is 0 Å². The summed E-state index contributed by atoms with van der Waals surface area (Å²) in [6.07, 6.45) is 6.67. The van der Waals surface area contributed by atoms with Crippen LogP contribution < -0.4 is 5.32 Å². The molecule has 2 aliphatic rings. The summed E-state index contributed by atoms with van der Waals surface area (Å²) in [5, 5.41) is 2.87. The molecule has 31 heavy (non-hydrogen) atoms. The number of unbranched alkanes of at least 4 members (excludes halogenated alkanes) is 1. The van der Waals surface area contributed by atoms with Gasteiger partial charge in [-0.3, -0.25) is 14.6 Å². The largest absolute Gasteiger partial charge is 0.338 e. The maximum atomic E-state index is 12.0. The minimum atomic E-state index is -0.230. The van der Waals surface area contributed by atoms with E-state index in [9.17, 15) is 9.59 Å². The van der Waals surface area contributed by atoms with E-state index in [2.05, 4.69) is 64.8 Å². The molecule has 1 saturated heterocycles. The topological polar surface area (TPSA) is 52.7 Å². The van der Waals surface area contributed by atoms with Gasteiger partial charge in [-0.25, -0.2) is 4.79 Å². The van der Waals surface area contributed by atoms with Gasteiger partial charge >= 0.3 is 6.03 Å². The summed E-state index contributed by atoms with van der Waals surface area (Å²) >= 11 is 0. The first-order valence-electron chi connectivity index (χ1n) is 11.4. The molecule has 0 aromatic heterocycles. The van der Waals surface area contributed by atoms with Crippen LogP contribution in [0.4, 0.5) is 4.79 Å². The molecule has 5 heteroatoms. The van der Waals surface area contributed by atoms with Crippen molar-refractivity contribution in [2.75, 3.05) is 32.7 Å². The molecule has 2 aliphatic heterocycles. The summed E-state index contributed by atoms with van der Waals surface area (Å²) in [4.78, 5) is 27.3. The molecule has 2 aromatic rings. The van der Waals surface area contributed by atoms with Crippen molar-refractivity contribution in [2.45, 2.75) is 32.1 Å². The number of urea groups is 1. The molecule has 3 amide bonds. The number of nitrogens with zero attached hydrogens (tertiary/aromatic N) is 2. The fourth-order valence-electron chi connectivity index (χ4n) is 4.30. The Bertz CT molecular complexity index is 921. The van der Waals surface area contributed by atoms with Gasteiger partial charge in [-0.1, -0.05) is 60.7 Å². The van der Waals surface area contributed by atoms with E-state index >= 15 is 0 Å². The van der Waals surface area contributed by atoms with Crippen LogP contribution in [0.25, 0.3) is 16.7 Å². The van der Waals surface area contributed by atoms with E-state index in [1.165, 1.54) is 27.2 Å². The third-order valence-electron chi connectivity index (χ3n) is 6.15. The Morgan fingerprint density at radius 2 is 1.61 bits per heavy atom. The van der Waals surface area contributed by atoms with E-state index in [1.807, 2.05) is 6.07 Å². The van der Waals surface area contributed by atoms with Gasteiger partial charge in [0, 0.05) is 32.6 Å². The first-order valence-corrected chi connectivity index (χ1v) is 11.4. The summed E-state index contributed by atoms with van der Waals surface area (Å²) in [6, 6.07) is 19.1. The molecule has 0 unspecified atom stereocenters. The minimum absolute atomic E-state index is 0.0527. The van der Waals surface area contributed by atoms with Crippen LogP contribution in [0.15, 0.2) is 60.7 Å². The zero-order chi connectivity index (χ0) is 21.5. The maximum absolute atomic E-state index is 12.0. The van der Waals surface area contributed by atoms with E-state index in [1.54, 1.807) is 0 Å². The van der Waals surface area contributed by atoms with Crippen molar-refractivity contribution in [1.29, 1.82) is 0 Å². The van der Waals surface area contributed by atoms with Crippen LogP contribution in [0.2, 0.25) is 0 Å². The quantitative estimate of drug-likeness (QED) is 0.672. The van der Waals surface area contributed by atoms with E-state index in [4.69, 9.17) is 0 Å². The second kappa shape index (κ2) is 10.4. The summed E-state index contributed by atoms with van der Waals surface area (Å²) in [7, 11) is 0. The van der Waals surface area contributed by atoms with Crippen LogP contribution in [0.3, 0.4) is 0 Å². The summed E-state index contributed by atoms with van der Waals surface area (Å²) in [5.41, 5.74) is 5.25. The number of amides is 3. The molecule has 0 spiro atoms. The number of benzene rings is 2. The Hall–Kier alpha value is -2.92. The molecule has 2 aromatic carbocycles. The fraction of sp³-hybridized carbons (Fsp3) is 0.385. The zero-order valence-corrected chi connectivity index (χ0v) is 18.1. The van der Waals surface area contributed by atoms with Gasteiger partial charge in [-0.05, 0) is 54.5 Å². The maximum Gasteiger partial charge on any atom is 0.324 e. The van der Waals surface area contributed by atoms with E-state index < -0.39 is 0 Å². The average Bonchev–Trinajstić information content (AvgIpc) is 3.26. The predicted molar refractivity (Wildman–Crippen MR) is 124 cm³/mol. The first kappa shape index (κ1) is 21.3. The fourth-order valence-corrected chi connectivity index (χ4v) is 4.30. The van der Waals surface area contributed by atoms with Crippen LogP contribution in [0, 0.1) is 0 Å². The number of nitrogens with one attached hydrogen (secondary N) is 1. The van der Waals surface area contributed by atoms with Crippen molar-refractivity contribution in [3.05, 3.63) is 66.2 Å². The molecule has 0 saturated carbocycles. The van der Waals surface area contributed by atoms with Crippen molar-refractivity contribution < 1.29 is 9.59 Å². The third-order valence-corrected chi connectivity index (χ3v) is 6.15. The van der Waals surface area contributed by atoms with Crippen LogP contribution in [-0.4, -0.2) is 54.5 Å². The minimum Gasteiger partial charge on any atom is -0.338 e. The molecule has 2 heterocycles. The second-order valence-corrected chi connectivity index (χ2v) is 8.31. The molecule has 0 aliphatic carbocycles. The number of carbonyl (C=O) groups is 2. The van der Waals surface area contributed by atoms with Crippen molar-refractivity contribution >= 4 is 17.5 Å². The van der Waals surface area contributed by atoms with Crippen molar-refractivity contribution in [3.8, 4) is 11.1 Å². The van der Waals surface area contributed by atoms with Gasteiger partial charge in [-0.15, -0.1) is 0 Å². The lowest BCUT2D eigenvalue weighted by Crippen LogP contribution is -2.41. The smallest absolute Gasteiger partial charge is 0.324 e. The monoisotopic (exact) mass is 417 g/mol. The third kappa shape index (κ3) is 5.61. The lowest BCUT2D eigenvalue weighted by molar-refractivity contribution is -0.125. The molecule has 1 N–H and O–H groups in total. The van der Waals surface area contributed by atoms with Gasteiger partial charge in [0.05, 0.1) is 0 Å². The summed E-state index contributed by atoms with van der Waals surface area (Å²) in [5.74, 6) is -0.0527. The molecule has 0 radical (unpaired) electrons. The Balaban J connectivity index is 1.17. The van der Waals surface area contributed by atoms with Gasteiger partial charge in [-0.2, -0.15) is 0 Å². The molecular weight excluding hydrogens is 386 g/mol. The Morgan fingerprint density at radius 3 is 2.29 bits per heavy atom. The van der Waals surface area contributed by atoms with Crippen LogP contribution >= 0.6 is 0 Å². The SMILES string of the molecule is O=C1CCCN1C(=O)NCCCCN1CC=C(c2ccc(-c3ccccc3)cc2)CC1. The van der Waals surface area contributed by atoms with Crippen molar-refractivity contribution in [1.82, 2.24) is 15.1 Å². The predicted octanol–water partition coefficient (Wildman–Crippen LogP) is 4.55. The van der Waals surface area contributed by atoms with Crippen LogP contribution in [-0.2, 0) is 4.79 Å². The van der Waals surface area contributed by atoms with Gasteiger partial charge in [0.15, 0.2) is 0 Å². The van der Waals surface area contributed by atoms with E-state index in [0.717, 1.165) is 45.3 Å². The number of hydrogen-bond donors (Lipinski definition) is 1. The van der Waals surface area contributed by atoms with Gasteiger partial charge in [0.1, 0.15) is 0 Å². The van der Waals surface area contributed by atoms with E-state index in [0.29, 0.717) is 19.5 Å². The summed E-state index contributed by atoms with van der Waals surface area (Å²) in [6.45, 7) is 4.27. The molecular formula is C26H31N3O2.